The maximum Gasteiger partial charge on any atom is 0.289 e. The van der Waals surface area contributed by atoms with Gasteiger partial charge >= 0.3 is 0 Å². The minimum Gasteiger partial charge on any atom is -0.356 e. The molecular weight excluding hydrogens is 550 g/mol. The smallest absolute Gasteiger partial charge is 0.289 e. The molecule has 0 aromatic heterocycles. The molecule has 1 aromatic carbocycles. The quantitative estimate of drug-likeness (QED) is 0.206. The molecule has 0 radical (unpaired) electrons. The lowest BCUT2D eigenvalue weighted by atomic mass is 9.91. The van der Waals surface area contributed by atoms with E-state index in [1.165, 1.54) is 0 Å². The Kier molecular flexibility index (Phi) is 12.3. The Hall–Kier alpha value is -3.76. The van der Waals surface area contributed by atoms with E-state index in [1.807, 2.05) is 37.3 Å². The second-order valence-electron chi connectivity index (χ2n) is 12.7. The molecule has 0 unspecified atom stereocenters. The standard InChI is InChI=1S/C32H47N5O6/c1-5-11-23(35-29(41)25(21-14-9-10-15-21)37-31(43)32(2,3)4)28(40)36-24(18-22-16-17-33-27(22)39)26(38)30(42)34-19-20-12-7-6-8-13-20/h6-8,12-13,21-25H,5,9-11,14-19H2,1-4H3,(H,33,39)(H,34,42)(H,35,41)(H,36,40)(H,37,43)/t22-,23-,24-,25+/m0/s1. The van der Waals surface area contributed by atoms with Crippen molar-refractivity contribution in [3.8, 4) is 0 Å². The highest BCUT2D eigenvalue weighted by molar-refractivity contribution is 6.38. The minimum atomic E-state index is -1.25. The first-order valence-electron chi connectivity index (χ1n) is 15.5. The van der Waals surface area contributed by atoms with Crippen molar-refractivity contribution in [2.45, 2.75) is 104 Å². The lowest BCUT2D eigenvalue weighted by Gasteiger charge is -2.30. The van der Waals surface area contributed by atoms with Gasteiger partial charge in [0.25, 0.3) is 5.91 Å². The summed E-state index contributed by atoms with van der Waals surface area (Å²) in [7, 11) is 0. The Morgan fingerprint density at radius 2 is 1.56 bits per heavy atom. The maximum atomic E-state index is 13.6. The first-order valence-corrected chi connectivity index (χ1v) is 15.5. The fourth-order valence-corrected chi connectivity index (χ4v) is 5.55. The number of ketones is 1. The van der Waals surface area contributed by atoms with Crippen LogP contribution >= 0.6 is 0 Å². The predicted molar refractivity (Wildman–Crippen MR) is 161 cm³/mol. The van der Waals surface area contributed by atoms with E-state index in [4.69, 9.17) is 0 Å². The number of nitrogens with one attached hydrogen (secondary N) is 5. The summed E-state index contributed by atoms with van der Waals surface area (Å²) in [6.07, 6.45) is 4.81. The van der Waals surface area contributed by atoms with Crippen LogP contribution in [0.5, 0.6) is 0 Å². The number of carbonyl (C=O) groups excluding carboxylic acids is 6. The van der Waals surface area contributed by atoms with Crippen molar-refractivity contribution in [1.82, 2.24) is 26.6 Å². The average molecular weight is 598 g/mol. The number of benzene rings is 1. The highest BCUT2D eigenvalue weighted by Crippen LogP contribution is 2.29. The van der Waals surface area contributed by atoms with E-state index in [0.717, 1.165) is 31.2 Å². The zero-order valence-electron chi connectivity index (χ0n) is 25.8. The van der Waals surface area contributed by atoms with E-state index in [-0.39, 0.29) is 37.1 Å². The number of amides is 5. The van der Waals surface area contributed by atoms with Crippen molar-refractivity contribution in [3.05, 3.63) is 35.9 Å². The van der Waals surface area contributed by atoms with Gasteiger partial charge in [-0.1, -0.05) is 77.3 Å². The molecule has 0 bridgehead atoms. The second-order valence-corrected chi connectivity index (χ2v) is 12.7. The topological polar surface area (TPSA) is 163 Å². The molecule has 1 heterocycles. The first kappa shape index (κ1) is 33.7. The van der Waals surface area contributed by atoms with Crippen molar-refractivity contribution in [2.75, 3.05) is 6.54 Å². The lowest BCUT2D eigenvalue weighted by Crippen LogP contribution is -2.58. The van der Waals surface area contributed by atoms with E-state index in [1.54, 1.807) is 20.8 Å². The van der Waals surface area contributed by atoms with Crippen LogP contribution in [0.25, 0.3) is 0 Å². The van der Waals surface area contributed by atoms with Gasteiger partial charge in [-0.25, -0.2) is 0 Å². The van der Waals surface area contributed by atoms with Crippen LogP contribution in [0, 0.1) is 17.3 Å². The van der Waals surface area contributed by atoms with Crippen LogP contribution < -0.4 is 26.6 Å². The van der Waals surface area contributed by atoms with Gasteiger partial charge in [-0.15, -0.1) is 0 Å². The Labute approximate surface area is 254 Å². The minimum absolute atomic E-state index is 0.0334. The fraction of sp³-hybridized carbons (Fsp3) is 0.625. The lowest BCUT2D eigenvalue weighted by molar-refractivity contribution is -0.141. The first-order chi connectivity index (χ1) is 20.4. The van der Waals surface area contributed by atoms with Crippen LogP contribution in [-0.2, 0) is 35.3 Å². The zero-order chi connectivity index (χ0) is 31.6. The molecule has 1 saturated carbocycles. The molecule has 43 heavy (non-hydrogen) atoms. The van der Waals surface area contributed by atoms with Crippen LogP contribution in [0.2, 0.25) is 0 Å². The van der Waals surface area contributed by atoms with E-state index >= 15 is 0 Å². The molecule has 4 atom stereocenters. The second kappa shape index (κ2) is 15.6. The van der Waals surface area contributed by atoms with Gasteiger partial charge in [-0.3, -0.25) is 28.8 Å². The van der Waals surface area contributed by atoms with Gasteiger partial charge in [0.15, 0.2) is 0 Å². The molecule has 5 N–H and O–H groups in total. The molecule has 11 nitrogen and oxygen atoms in total. The maximum absolute atomic E-state index is 13.6. The molecule has 0 spiro atoms. The van der Waals surface area contributed by atoms with Crippen LogP contribution in [-0.4, -0.2) is 60.0 Å². The van der Waals surface area contributed by atoms with Gasteiger partial charge in [-0.05, 0) is 43.6 Å². The van der Waals surface area contributed by atoms with Gasteiger partial charge in [-0.2, -0.15) is 0 Å². The zero-order valence-corrected chi connectivity index (χ0v) is 25.8. The Balaban J connectivity index is 1.74. The summed E-state index contributed by atoms with van der Waals surface area (Å²) in [5.74, 6) is -3.84. The fourth-order valence-electron chi connectivity index (χ4n) is 5.55. The van der Waals surface area contributed by atoms with Crippen molar-refractivity contribution in [1.29, 1.82) is 0 Å². The third-order valence-corrected chi connectivity index (χ3v) is 8.17. The van der Waals surface area contributed by atoms with Crippen LogP contribution in [0.3, 0.4) is 0 Å². The SMILES string of the molecule is CCC[C@H](NC(=O)[C@H](NC(=O)C(C)(C)C)C1CCCC1)C(=O)N[C@@H](C[C@@H]1CCNC1=O)C(=O)C(=O)NCc1ccccc1. The summed E-state index contributed by atoms with van der Waals surface area (Å²) >= 11 is 0. The highest BCUT2D eigenvalue weighted by atomic mass is 16.2. The van der Waals surface area contributed by atoms with Crippen molar-refractivity contribution < 1.29 is 28.8 Å². The van der Waals surface area contributed by atoms with Gasteiger partial charge < -0.3 is 26.6 Å². The van der Waals surface area contributed by atoms with Gasteiger partial charge in [0.1, 0.15) is 12.1 Å². The third-order valence-electron chi connectivity index (χ3n) is 8.17. The van der Waals surface area contributed by atoms with E-state index in [9.17, 15) is 28.8 Å². The molecule has 2 aliphatic rings. The summed E-state index contributed by atoms with van der Waals surface area (Å²) in [5, 5.41) is 13.7. The molecule has 3 rings (SSSR count). The molecular formula is C32H47N5O6. The molecule has 1 aliphatic heterocycles. The largest absolute Gasteiger partial charge is 0.356 e. The van der Waals surface area contributed by atoms with Gasteiger partial charge in [0.2, 0.25) is 29.4 Å². The summed E-state index contributed by atoms with van der Waals surface area (Å²) in [5.41, 5.74) is 0.110. The molecule has 1 aromatic rings. The Morgan fingerprint density at radius 1 is 0.907 bits per heavy atom. The van der Waals surface area contributed by atoms with Gasteiger partial charge in [0.05, 0.1) is 6.04 Å². The van der Waals surface area contributed by atoms with Crippen molar-refractivity contribution in [3.63, 3.8) is 0 Å². The monoisotopic (exact) mass is 597 g/mol. The Bertz CT molecular complexity index is 1160. The molecule has 5 amide bonds. The van der Waals surface area contributed by atoms with Gasteiger partial charge in [0, 0.05) is 24.4 Å². The molecule has 1 saturated heterocycles. The molecule has 1 aliphatic carbocycles. The van der Waals surface area contributed by atoms with Crippen LogP contribution in [0.15, 0.2) is 30.3 Å². The number of hydrogen-bond donors (Lipinski definition) is 5. The van der Waals surface area contributed by atoms with Crippen LogP contribution in [0.1, 0.15) is 84.6 Å². The summed E-state index contributed by atoms with van der Waals surface area (Å²) < 4.78 is 0. The van der Waals surface area contributed by atoms with E-state index in [2.05, 4.69) is 26.6 Å². The average Bonchev–Trinajstić information content (AvgIpc) is 3.65. The van der Waals surface area contributed by atoms with Crippen molar-refractivity contribution in [2.24, 2.45) is 17.3 Å². The predicted octanol–water partition coefficient (Wildman–Crippen LogP) is 1.89. The highest BCUT2D eigenvalue weighted by Gasteiger charge is 2.38. The third kappa shape index (κ3) is 9.90. The summed E-state index contributed by atoms with van der Waals surface area (Å²) in [6.45, 7) is 7.78. The number of carbonyl (C=O) groups is 6. The van der Waals surface area contributed by atoms with E-state index in [0.29, 0.717) is 19.4 Å². The number of rotatable bonds is 14. The summed E-state index contributed by atoms with van der Waals surface area (Å²) in [4.78, 5) is 78.4. The molecule has 236 valence electrons. The van der Waals surface area contributed by atoms with E-state index < -0.39 is 53.0 Å². The number of Topliss-reactive ketones (excluding diaryl/α,β-unsaturated/α-hetero) is 1. The molecule has 11 heteroatoms. The summed E-state index contributed by atoms with van der Waals surface area (Å²) in [6, 6.07) is 6.08. The Morgan fingerprint density at radius 3 is 2.14 bits per heavy atom. The van der Waals surface area contributed by atoms with Crippen LogP contribution in [0.4, 0.5) is 0 Å². The number of hydrogen-bond acceptors (Lipinski definition) is 6. The molecule has 2 fully saturated rings. The van der Waals surface area contributed by atoms with Crippen molar-refractivity contribution >= 4 is 35.3 Å². The normalized spacial score (nSPS) is 19.1.